The lowest BCUT2D eigenvalue weighted by Gasteiger charge is -2.02. The SMILES string of the molecule is CCCNC(=O)Cc1csc(Nc2cc(C)ccn2)n1. The summed E-state index contributed by atoms with van der Waals surface area (Å²) in [4.78, 5) is 20.2. The molecule has 2 N–H and O–H groups in total. The molecule has 0 radical (unpaired) electrons. The molecule has 6 heteroatoms. The van der Waals surface area contributed by atoms with Gasteiger partial charge in [-0.25, -0.2) is 9.97 Å². The molecule has 0 aliphatic carbocycles. The molecule has 2 aromatic rings. The van der Waals surface area contributed by atoms with Crippen LogP contribution < -0.4 is 10.6 Å². The summed E-state index contributed by atoms with van der Waals surface area (Å²) in [5, 5.41) is 8.63. The molecule has 2 heterocycles. The molecule has 2 aromatic heterocycles. The minimum absolute atomic E-state index is 0.0115. The number of aryl methyl sites for hydroxylation is 1. The molecular formula is C14H18N4OS. The summed E-state index contributed by atoms with van der Waals surface area (Å²) >= 11 is 1.47. The number of carbonyl (C=O) groups is 1. The van der Waals surface area contributed by atoms with Gasteiger partial charge in [-0.3, -0.25) is 4.79 Å². The van der Waals surface area contributed by atoms with Crippen LogP contribution in [0.3, 0.4) is 0 Å². The van der Waals surface area contributed by atoms with Gasteiger partial charge in [0.2, 0.25) is 5.91 Å². The van der Waals surface area contributed by atoms with E-state index in [-0.39, 0.29) is 5.91 Å². The van der Waals surface area contributed by atoms with E-state index >= 15 is 0 Å². The van der Waals surface area contributed by atoms with Crippen molar-refractivity contribution < 1.29 is 4.79 Å². The van der Waals surface area contributed by atoms with E-state index < -0.39 is 0 Å². The van der Waals surface area contributed by atoms with Crippen molar-refractivity contribution >= 4 is 28.2 Å². The van der Waals surface area contributed by atoms with E-state index in [0.29, 0.717) is 13.0 Å². The first kappa shape index (κ1) is 14.5. The summed E-state index contributed by atoms with van der Waals surface area (Å²) in [5.41, 5.74) is 1.91. The lowest BCUT2D eigenvalue weighted by Crippen LogP contribution is -2.25. The van der Waals surface area contributed by atoms with Crippen LogP contribution in [0.15, 0.2) is 23.7 Å². The van der Waals surface area contributed by atoms with E-state index in [2.05, 4.69) is 20.6 Å². The van der Waals surface area contributed by atoms with Crippen LogP contribution in [0.4, 0.5) is 10.9 Å². The third kappa shape index (κ3) is 4.31. The van der Waals surface area contributed by atoms with Crippen LogP contribution in [0.1, 0.15) is 24.6 Å². The van der Waals surface area contributed by atoms with Crippen molar-refractivity contribution in [1.29, 1.82) is 0 Å². The maximum absolute atomic E-state index is 11.6. The number of pyridine rings is 1. The summed E-state index contributed by atoms with van der Waals surface area (Å²) in [7, 11) is 0. The summed E-state index contributed by atoms with van der Waals surface area (Å²) in [6.07, 6.45) is 3.01. The Morgan fingerprint density at radius 1 is 1.45 bits per heavy atom. The highest BCUT2D eigenvalue weighted by Gasteiger charge is 2.07. The van der Waals surface area contributed by atoms with E-state index in [1.807, 2.05) is 31.4 Å². The van der Waals surface area contributed by atoms with Gasteiger partial charge < -0.3 is 10.6 Å². The largest absolute Gasteiger partial charge is 0.356 e. The van der Waals surface area contributed by atoms with E-state index in [1.165, 1.54) is 11.3 Å². The number of rotatable bonds is 6. The lowest BCUT2D eigenvalue weighted by atomic mass is 10.3. The molecule has 0 saturated carbocycles. The van der Waals surface area contributed by atoms with E-state index in [0.717, 1.165) is 28.6 Å². The number of hydrogen-bond donors (Lipinski definition) is 2. The summed E-state index contributed by atoms with van der Waals surface area (Å²) in [6.45, 7) is 4.75. The first-order valence-electron chi connectivity index (χ1n) is 6.58. The van der Waals surface area contributed by atoms with Gasteiger partial charge in [0.1, 0.15) is 5.82 Å². The van der Waals surface area contributed by atoms with Crippen LogP contribution in [0.2, 0.25) is 0 Å². The number of anilines is 2. The number of nitrogens with one attached hydrogen (secondary N) is 2. The van der Waals surface area contributed by atoms with Crippen LogP contribution in [-0.2, 0) is 11.2 Å². The van der Waals surface area contributed by atoms with Crippen molar-refractivity contribution in [2.45, 2.75) is 26.7 Å². The topological polar surface area (TPSA) is 66.9 Å². The standard InChI is InChI=1S/C14H18N4OS/c1-3-5-16-13(19)8-11-9-20-14(17-11)18-12-7-10(2)4-6-15-12/h4,6-7,9H,3,5,8H2,1-2H3,(H,16,19)(H,15,17,18). The lowest BCUT2D eigenvalue weighted by molar-refractivity contribution is -0.120. The van der Waals surface area contributed by atoms with Gasteiger partial charge in [-0.2, -0.15) is 0 Å². The second-order valence-corrected chi connectivity index (χ2v) is 5.37. The highest BCUT2D eigenvalue weighted by molar-refractivity contribution is 7.13. The molecule has 0 spiro atoms. The third-order valence-corrected chi connectivity index (χ3v) is 3.42. The molecular weight excluding hydrogens is 272 g/mol. The number of nitrogens with zero attached hydrogens (tertiary/aromatic N) is 2. The predicted octanol–water partition coefficient (Wildman–Crippen LogP) is 2.66. The van der Waals surface area contributed by atoms with Gasteiger partial charge >= 0.3 is 0 Å². The molecule has 0 fully saturated rings. The van der Waals surface area contributed by atoms with Crippen molar-refractivity contribution in [2.75, 3.05) is 11.9 Å². The first-order chi connectivity index (χ1) is 9.67. The fourth-order valence-corrected chi connectivity index (χ4v) is 2.37. The number of aromatic nitrogens is 2. The Morgan fingerprint density at radius 3 is 3.05 bits per heavy atom. The highest BCUT2D eigenvalue weighted by Crippen LogP contribution is 2.20. The van der Waals surface area contributed by atoms with Crippen molar-refractivity contribution in [3.63, 3.8) is 0 Å². The average molecular weight is 290 g/mol. The number of thiazole rings is 1. The molecule has 20 heavy (non-hydrogen) atoms. The molecule has 0 aromatic carbocycles. The zero-order chi connectivity index (χ0) is 14.4. The van der Waals surface area contributed by atoms with Gasteiger partial charge in [0.25, 0.3) is 0 Å². The Balaban J connectivity index is 1.93. The minimum atomic E-state index is 0.0115. The minimum Gasteiger partial charge on any atom is -0.356 e. The Morgan fingerprint density at radius 2 is 2.30 bits per heavy atom. The summed E-state index contributed by atoms with van der Waals surface area (Å²) in [5.74, 6) is 0.777. The van der Waals surface area contributed by atoms with Crippen molar-refractivity contribution in [1.82, 2.24) is 15.3 Å². The monoisotopic (exact) mass is 290 g/mol. The van der Waals surface area contributed by atoms with Gasteiger partial charge in [0, 0.05) is 18.1 Å². The number of carbonyl (C=O) groups excluding carboxylic acids is 1. The predicted molar refractivity (Wildman–Crippen MR) is 81.4 cm³/mol. The number of amides is 1. The second-order valence-electron chi connectivity index (χ2n) is 4.51. The molecule has 0 bridgehead atoms. The van der Waals surface area contributed by atoms with Crippen LogP contribution >= 0.6 is 11.3 Å². The van der Waals surface area contributed by atoms with E-state index in [4.69, 9.17) is 0 Å². The third-order valence-electron chi connectivity index (χ3n) is 2.62. The van der Waals surface area contributed by atoms with E-state index in [1.54, 1.807) is 6.20 Å². The zero-order valence-electron chi connectivity index (χ0n) is 11.6. The Kier molecular flexibility index (Phi) is 5.06. The van der Waals surface area contributed by atoms with Crippen molar-refractivity contribution in [3.05, 3.63) is 35.0 Å². The molecule has 2 rings (SSSR count). The van der Waals surface area contributed by atoms with Crippen molar-refractivity contribution in [3.8, 4) is 0 Å². The first-order valence-corrected chi connectivity index (χ1v) is 7.46. The van der Waals surface area contributed by atoms with Gasteiger partial charge in [0.15, 0.2) is 5.13 Å². The Hall–Kier alpha value is -1.95. The van der Waals surface area contributed by atoms with Crippen LogP contribution in [0, 0.1) is 6.92 Å². The molecule has 0 aliphatic heterocycles. The molecule has 1 amide bonds. The maximum atomic E-state index is 11.6. The zero-order valence-corrected chi connectivity index (χ0v) is 12.5. The average Bonchev–Trinajstić information content (AvgIpc) is 2.83. The van der Waals surface area contributed by atoms with Gasteiger partial charge in [-0.1, -0.05) is 6.92 Å². The summed E-state index contributed by atoms with van der Waals surface area (Å²) in [6, 6.07) is 3.89. The van der Waals surface area contributed by atoms with Crippen LogP contribution in [0.25, 0.3) is 0 Å². The molecule has 0 aliphatic rings. The molecule has 0 atom stereocenters. The smallest absolute Gasteiger partial charge is 0.226 e. The Bertz CT molecular complexity index is 582. The fourth-order valence-electron chi connectivity index (χ4n) is 1.65. The highest BCUT2D eigenvalue weighted by atomic mass is 32.1. The summed E-state index contributed by atoms with van der Waals surface area (Å²) < 4.78 is 0. The molecule has 0 saturated heterocycles. The van der Waals surface area contributed by atoms with Crippen molar-refractivity contribution in [2.24, 2.45) is 0 Å². The fraction of sp³-hybridized carbons (Fsp3) is 0.357. The molecule has 106 valence electrons. The van der Waals surface area contributed by atoms with E-state index in [9.17, 15) is 4.79 Å². The number of hydrogen-bond acceptors (Lipinski definition) is 5. The van der Waals surface area contributed by atoms with Gasteiger partial charge in [0.05, 0.1) is 12.1 Å². The normalized spacial score (nSPS) is 10.3. The van der Waals surface area contributed by atoms with Gasteiger partial charge in [-0.15, -0.1) is 11.3 Å². The maximum Gasteiger partial charge on any atom is 0.226 e. The quantitative estimate of drug-likeness (QED) is 0.858. The van der Waals surface area contributed by atoms with Crippen LogP contribution in [0.5, 0.6) is 0 Å². The molecule has 5 nitrogen and oxygen atoms in total. The van der Waals surface area contributed by atoms with Crippen LogP contribution in [-0.4, -0.2) is 22.4 Å². The van der Waals surface area contributed by atoms with Gasteiger partial charge in [-0.05, 0) is 31.0 Å². The Labute approximate surface area is 122 Å². The second kappa shape index (κ2) is 7.00. The molecule has 0 unspecified atom stereocenters.